The normalized spacial score (nSPS) is 11.4. The van der Waals surface area contributed by atoms with Gasteiger partial charge in [0, 0.05) is 23.1 Å². The van der Waals surface area contributed by atoms with Crippen LogP contribution in [0.25, 0.3) is 22.1 Å². The number of ether oxygens (including phenoxy) is 1. The van der Waals surface area contributed by atoms with Gasteiger partial charge in [0.25, 0.3) is 11.6 Å². The molecule has 0 atom stereocenters. The number of nitrogens with one attached hydrogen (secondary N) is 2. The largest absolute Gasteiger partial charge is 0.496 e. The third-order valence-electron chi connectivity index (χ3n) is 4.25. The van der Waals surface area contributed by atoms with Crippen molar-refractivity contribution in [2.24, 2.45) is 5.10 Å². The lowest BCUT2D eigenvalue weighted by Crippen LogP contribution is -2.00. The number of nitro benzene ring substituents is 1. The zero-order valence-corrected chi connectivity index (χ0v) is 15.0. The maximum Gasteiger partial charge on any atom is 0.270 e. The second kappa shape index (κ2) is 6.91. The Hall–Kier alpha value is -4.08. The number of aryl methyl sites for hydroxylation is 1. The monoisotopic (exact) mass is 377 g/mol. The number of methoxy groups -OCH3 is 1. The molecule has 0 unspecified atom stereocenters. The van der Waals surface area contributed by atoms with E-state index in [1.165, 1.54) is 31.5 Å². The molecule has 4 aromatic rings. The van der Waals surface area contributed by atoms with Gasteiger partial charge >= 0.3 is 0 Å². The van der Waals surface area contributed by atoms with E-state index in [0.29, 0.717) is 22.5 Å². The quantitative estimate of drug-likeness (QED) is 0.310. The Morgan fingerprint density at radius 3 is 2.93 bits per heavy atom. The summed E-state index contributed by atoms with van der Waals surface area (Å²) in [7, 11) is 1.48. The van der Waals surface area contributed by atoms with Gasteiger partial charge in [0.1, 0.15) is 11.3 Å². The number of aromatic amines is 1. The molecule has 4 rings (SSSR count). The number of rotatable bonds is 5. The van der Waals surface area contributed by atoms with Gasteiger partial charge in [-0.15, -0.1) is 10.2 Å². The molecule has 0 spiro atoms. The minimum atomic E-state index is -0.483. The molecule has 0 fully saturated rings. The highest BCUT2D eigenvalue weighted by Crippen LogP contribution is 2.25. The van der Waals surface area contributed by atoms with Gasteiger partial charge < -0.3 is 9.72 Å². The van der Waals surface area contributed by atoms with Gasteiger partial charge in [-0.2, -0.15) is 10.1 Å². The number of aromatic nitrogens is 4. The van der Waals surface area contributed by atoms with Crippen molar-refractivity contribution in [2.45, 2.75) is 6.92 Å². The van der Waals surface area contributed by atoms with Gasteiger partial charge in [-0.3, -0.25) is 10.1 Å². The zero-order chi connectivity index (χ0) is 19.7. The molecule has 140 valence electrons. The van der Waals surface area contributed by atoms with Crippen molar-refractivity contribution >= 4 is 39.9 Å². The van der Waals surface area contributed by atoms with Crippen LogP contribution in [-0.4, -0.2) is 38.4 Å². The molecule has 0 saturated heterocycles. The van der Waals surface area contributed by atoms with Crippen molar-refractivity contribution in [3.63, 3.8) is 0 Å². The number of benzene rings is 2. The van der Waals surface area contributed by atoms with Gasteiger partial charge in [-0.25, -0.2) is 5.43 Å². The molecule has 0 bridgehead atoms. The first kappa shape index (κ1) is 17.3. The first-order chi connectivity index (χ1) is 13.6. The molecule has 2 aromatic carbocycles. The van der Waals surface area contributed by atoms with Crippen LogP contribution in [0.15, 0.2) is 41.5 Å². The van der Waals surface area contributed by atoms with E-state index < -0.39 is 4.92 Å². The van der Waals surface area contributed by atoms with Crippen LogP contribution in [0.3, 0.4) is 0 Å². The number of hydrogen-bond donors (Lipinski definition) is 2. The molecular weight excluding hydrogens is 362 g/mol. The Kier molecular flexibility index (Phi) is 4.28. The molecule has 2 heterocycles. The van der Waals surface area contributed by atoms with Crippen molar-refractivity contribution in [2.75, 3.05) is 12.5 Å². The molecule has 0 aliphatic rings. The lowest BCUT2D eigenvalue weighted by molar-refractivity contribution is -0.384. The number of anilines is 1. The minimum absolute atomic E-state index is 0.0602. The van der Waals surface area contributed by atoms with E-state index in [9.17, 15) is 10.1 Å². The number of non-ortho nitro benzene ring substituents is 1. The number of fused-ring (bicyclic) bond motifs is 3. The summed E-state index contributed by atoms with van der Waals surface area (Å²) < 4.78 is 5.20. The van der Waals surface area contributed by atoms with E-state index in [4.69, 9.17) is 4.74 Å². The lowest BCUT2D eigenvalue weighted by Gasteiger charge is -2.03. The molecule has 0 aliphatic carbocycles. The van der Waals surface area contributed by atoms with E-state index in [2.05, 4.69) is 30.7 Å². The number of para-hydroxylation sites is 1. The van der Waals surface area contributed by atoms with E-state index in [1.54, 1.807) is 0 Å². The number of nitrogens with zero attached hydrogens (tertiary/aromatic N) is 5. The Labute approximate surface area is 158 Å². The van der Waals surface area contributed by atoms with E-state index in [1.807, 2.05) is 25.1 Å². The van der Waals surface area contributed by atoms with Crippen LogP contribution in [0.1, 0.15) is 11.1 Å². The van der Waals surface area contributed by atoms with Gasteiger partial charge in [-0.05, 0) is 18.6 Å². The Morgan fingerprint density at radius 1 is 1.29 bits per heavy atom. The first-order valence-corrected chi connectivity index (χ1v) is 8.30. The number of H-pyrrole nitrogens is 1. The van der Waals surface area contributed by atoms with Gasteiger partial charge in [-0.1, -0.05) is 18.2 Å². The van der Waals surface area contributed by atoms with Crippen LogP contribution in [-0.2, 0) is 0 Å². The van der Waals surface area contributed by atoms with Gasteiger partial charge in [0.05, 0.1) is 23.8 Å². The number of hydrazone groups is 1. The van der Waals surface area contributed by atoms with Crippen LogP contribution in [0.2, 0.25) is 0 Å². The Bertz CT molecular complexity index is 1230. The summed E-state index contributed by atoms with van der Waals surface area (Å²) >= 11 is 0. The zero-order valence-electron chi connectivity index (χ0n) is 15.0. The van der Waals surface area contributed by atoms with Gasteiger partial charge in [0.2, 0.25) is 0 Å². The highest BCUT2D eigenvalue weighted by Gasteiger charge is 2.11. The molecule has 10 heteroatoms. The van der Waals surface area contributed by atoms with Crippen LogP contribution in [0.5, 0.6) is 5.75 Å². The summed E-state index contributed by atoms with van der Waals surface area (Å²) in [5.74, 6) is 0.647. The van der Waals surface area contributed by atoms with E-state index in [-0.39, 0.29) is 11.6 Å². The average molecular weight is 377 g/mol. The fraction of sp³-hybridized carbons (Fsp3) is 0.111. The van der Waals surface area contributed by atoms with E-state index in [0.717, 1.165) is 16.5 Å². The number of nitro groups is 1. The SMILES string of the molecule is COc1ccc([N+](=O)[O-])cc1/C=N/Nc1nnc2c(n1)[nH]c1c(C)cccc12. The summed E-state index contributed by atoms with van der Waals surface area (Å²) in [5.41, 5.74) is 6.38. The third kappa shape index (κ3) is 3.07. The predicted octanol–water partition coefficient (Wildman–Crippen LogP) is 3.18. The molecule has 28 heavy (non-hydrogen) atoms. The van der Waals surface area contributed by atoms with Crippen LogP contribution in [0, 0.1) is 17.0 Å². The van der Waals surface area contributed by atoms with Crippen molar-refractivity contribution < 1.29 is 9.66 Å². The molecule has 2 aromatic heterocycles. The maximum atomic E-state index is 10.9. The maximum absolute atomic E-state index is 10.9. The third-order valence-corrected chi connectivity index (χ3v) is 4.25. The molecule has 0 radical (unpaired) electrons. The highest BCUT2D eigenvalue weighted by atomic mass is 16.6. The second-order valence-corrected chi connectivity index (χ2v) is 6.01. The van der Waals surface area contributed by atoms with Crippen LogP contribution < -0.4 is 10.2 Å². The fourth-order valence-electron chi connectivity index (χ4n) is 2.89. The summed E-state index contributed by atoms with van der Waals surface area (Å²) in [6.45, 7) is 2.00. The predicted molar refractivity (Wildman–Crippen MR) is 105 cm³/mol. The molecule has 10 nitrogen and oxygen atoms in total. The lowest BCUT2D eigenvalue weighted by atomic mass is 10.1. The summed E-state index contributed by atoms with van der Waals surface area (Å²) in [4.78, 5) is 18.1. The average Bonchev–Trinajstić information content (AvgIpc) is 3.07. The van der Waals surface area contributed by atoms with Crippen LogP contribution in [0.4, 0.5) is 11.6 Å². The minimum Gasteiger partial charge on any atom is -0.496 e. The fourth-order valence-corrected chi connectivity index (χ4v) is 2.89. The number of hydrogen-bond acceptors (Lipinski definition) is 8. The molecule has 2 N–H and O–H groups in total. The summed E-state index contributed by atoms with van der Waals surface area (Å²) in [6, 6.07) is 10.2. The molecule has 0 aliphatic heterocycles. The highest BCUT2D eigenvalue weighted by molar-refractivity contribution is 6.04. The van der Waals surface area contributed by atoms with Crippen molar-refractivity contribution in [1.82, 2.24) is 20.2 Å². The Balaban J connectivity index is 1.62. The van der Waals surface area contributed by atoms with Crippen molar-refractivity contribution in [3.05, 3.63) is 57.6 Å². The smallest absolute Gasteiger partial charge is 0.270 e. The van der Waals surface area contributed by atoms with E-state index >= 15 is 0 Å². The molecule has 0 amide bonds. The molecule has 0 saturated carbocycles. The van der Waals surface area contributed by atoms with Crippen LogP contribution >= 0.6 is 0 Å². The second-order valence-electron chi connectivity index (χ2n) is 6.01. The summed E-state index contributed by atoms with van der Waals surface area (Å²) in [6.07, 6.45) is 1.40. The molecular formula is C18H15N7O3. The standard InChI is InChI=1S/C18H15N7O3/c1-10-4-3-5-13-15(10)20-17-16(13)22-24-18(21-17)23-19-9-11-8-12(25(26)27)6-7-14(11)28-2/h3-9H,1-2H3,(H2,20,21,23,24)/b19-9+. The Morgan fingerprint density at radius 2 is 2.14 bits per heavy atom. The van der Waals surface area contributed by atoms with Gasteiger partial charge in [0.15, 0.2) is 5.65 Å². The van der Waals surface area contributed by atoms with Crippen molar-refractivity contribution in [1.29, 1.82) is 0 Å². The summed E-state index contributed by atoms with van der Waals surface area (Å²) in [5, 5.41) is 24.2. The van der Waals surface area contributed by atoms with Crippen molar-refractivity contribution in [3.8, 4) is 5.75 Å². The topological polar surface area (TPSA) is 131 Å². The first-order valence-electron chi connectivity index (χ1n) is 8.30.